The van der Waals surface area contributed by atoms with Crippen LogP contribution in [-0.2, 0) is 0 Å². The highest BCUT2D eigenvalue weighted by atomic mass is 15.0. The third-order valence-electron chi connectivity index (χ3n) is 1.78. The van der Waals surface area contributed by atoms with E-state index >= 15 is 0 Å². The van der Waals surface area contributed by atoms with Crippen LogP contribution >= 0.6 is 0 Å². The lowest BCUT2D eigenvalue weighted by atomic mass is 9.85. The van der Waals surface area contributed by atoms with Crippen LogP contribution in [0.2, 0.25) is 0 Å². The fourth-order valence-electron chi connectivity index (χ4n) is 1.26. The molecule has 1 fully saturated rings. The normalized spacial score (nSPS) is 27.7. The molecule has 1 N–H and O–H groups in total. The van der Waals surface area contributed by atoms with Crippen molar-refractivity contribution in [2.24, 2.45) is 5.41 Å². The Morgan fingerprint density at radius 2 is 2.00 bits per heavy atom. The summed E-state index contributed by atoms with van der Waals surface area (Å²) in [6, 6.07) is 0.824. The molecule has 0 unspecified atom stereocenters. The fraction of sp³-hybridized carbons (Fsp3) is 1.00. The van der Waals surface area contributed by atoms with Crippen molar-refractivity contribution < 1.29 is 0 Å². The van der Waals surface area contributed by atoms with Crippen LogP contribution in [0.4, 0.5) is 0 Å². The fourth-order valence-corrected chi connectivity index (χ4v) is 1.26. The average molecular weight is 127 g/mol. The Morgan fingerprint density at radius 1 is 1.44 bits per heavy atom. The molecular weight excluding hydrogens is 110 g/mol. The lowest BCUT2D eigenvalue weighted by Crippen LogP contribution is -2.44. The number of hydrogen-bond acceptors (Lipinski definition) is 1. The SMILES string of the molecule is CC(C)(C)C[C@H]1CCN1. The van der Waals surface area contributed by atoms with Gasteiger partial charge in [0.15, 0.2) is 0 Å². The molecule has 1 heterocycles. The molecule has 0 aromatic rings. The Balaban J connectivity index is 2.16. The van der Waals surface area contributed by atoms with Gasteiger partial charge in [-0.05, 0) is 24.8 Å². The van der Waals surface area contributed by atoms with Gasteiger partial charge in [0, 0.05) is 6.04 Å². The Morgan fingerprint density at radius 3 is 2.11 bits per heavy atom. The highest BCUT2D eigenvalue weighted by Crippen LogP contribution is 2.24. The largest absolute Gasteiger partial charge is 0.314 e. The molecule has 0 aromatic carbocycles. The van der Waals surface area contributed by atoms with Crippen LogP contribution < -0.4 is 5.32 Å². The number of nitrogens with one attached hydrogen (secondary N) is 1. The minimum atomic E-state index is 0.512. The topological polar surface area (TPSA) is 12.0 Å². The van der Waals surface area contributed by atoms with E-state index in [1.807, 2.05) is 0 Å². The van der Waals surface area contributed by atoms with Gasteiger partial charge in [-0.2, -0.15) is 0 Å². The molecular formula is C8H17N. The molecule has 1 rings (SSSR count). The van der Waals surface area contributed by atoms with Crippen molar-refractivity contribution in [1.29, 1.82) is 0 Å². The highest BCUT2D eigenvalue weighted by molar-refractivity contribution is 4.81. The van der Waals surface area contributed by atoms with Crippen LogP contribution in [0, 0.1) is 5.41 Å². The van der Waals surface area contributed by atoms with Crippen LogP contribution in [0.25, 0.3) is 0 Å². The van der Waals surface area contributed by atoms with E-state index in [-0.39, 0.29) is 0 Å². The summed E-state index contributed by atoms with van der Waals surface area (Å²) in [5, 5.41) is 3.40. The molecule has 1 aliphatic rings. The van der Waals surface area contributed by atoms with E-state index in [1.165, 1.54) is 19.4 Å². The summed E-state index contributed by atoms with van der Waals surface area (Å²) >= 11 is 0. The summed E-state index contributed by atoms with van der Waals surface area (Å²) in [7, 11) is 0. The molecule has 0 aliphatic carbocycles. The van der Waals surface area contributed by atoms with E-state index < -0.39 is 0 Å². The molecule has 1 aliphatic heterocycles. The minimum Gasteiger partial charge on any atom is -0.314 e. The Kier molecular flexibility index (Phi) is 1.80. The first-order valence-electron chi connectivity index (χ1n) is 3.81. The molecule has 9 heavy (non-hydrogen) atoms. The van der Waals surface area contributed by atoms with Crippen molar-refractivity contribution in [3.63, 3.8) is 0 Å². The maximum atomic E-state index is 3.40. The summed E-state index contributed by atoms with van der Waals surface area (Å²) < 4.78 is 0. The highest BCUT2D eigenvalue weighted by Gasteiger charge is 2.22. The summed E-state index contributed by atoms with van der Waals surface area (Å²) in [5.74, 6) is 0. The lowest BCUT2D eigenvalue weighted by Gasteiger charge is -2.33. The van der Waals surface area contributed by atoms with Crippen LogP contribution in [-0.4, -0.2) is 12.6 Å². The first-order valence-corrected chi connectivity index (χ1v) is 3.81. The van der Waals surface area contributed by atoms with Crippen molar-refractivity contribution in [1.82, 2.24) is 5.32 Å². The molecule has 54 valence electrons. The van der Waals surface area contributed by atoms with Gasteiger partial charge in [-0.15, -0.1) is 0 Å². The quantitative estimate of drug-likeness (QED) is 0.566. The zero-order valence-electron chi connectivity index (χ0n) is 6.70. The lowest BCUT2D eigenvalue weighted by molar-refractivity contribution is 0.249. The van der Waals surface area contributed by atoms with E-state index in [0.717, 1.165) is 6.04 Å². The molecule has 1 heteroatoms. The molecule has 0 spiro atoms. The second-order valence-electron chi connectivity index (χ2n) is 4.20. The van der Waals surface area contributed by atoms with E-state index in [1.54, 1.807) is 0 Å². The summed E-state index contributed by atoms with van der Waals surface area (Å²) in [6.07, 6.45) is 2.71. The van der Waals surface area contributed by atoms with Crippen molar-refractivity contribution >= 4 is 0 Å². The smallest absolute Gasteiger partial charge is 0.00841 e. The second kappa shape index (κ2) is 2.30. The van der Waals surface area contributed by atoms with E-state index in [9.17, 15) is 0 Å². The van der Waals surface area contributed by atoms with E-state index in [0.29, 0.717) is 5.41 Å². The number of hydrogen-bond donors (Lipinski definition) is 1. The van der Waals surface area contributed by atoms with E-state index in [4.69, 9.17) is 0 Å². The molecule has 0 bridgehead atoms. The monoisotopic (exact) mass is 127 g/mol. The van der Waals surface area contributed by atoms with Gasteiger partial charge in [-0.3, -0.25) is 0 Å². The predicted octanol–water partition coefficient (Wildman–Crippen LogP) is 1.78. The van der Waals surface area contributed by atoms with Gasteiger partial charge < -0.3 is 5.32 Å². The average Bonchev–Trinajstić information content (AvgIpc) is 1.53. The summed E-state index contributed by atoms with van der Waals surface area (Å²) in [5.41, 5.74) is 0.512. The van der Waals surface area contributed by atoms with Gasteiger partial charge in [0.05, 0.1) is 0 Å². The molecule has 0 saturated carbocycles. The molecule has 1 nitrogen and oxygen atoms in total. The van der Waals surface area contributed by atoms with Crippen molar-refractivity contribution in [3.05, 3.63) is 0 Å². The molecule has 0 aromatic heterocycles. The van der Waals surface area contributed by atoms with E-state index in [2.05, 4.69) is 26.1 Å². The van der Waals surface area contributed by atoms with Crippen molar-refractivity contribution in [3.8, 4) is 0 Å². The van der Waals surface area contributed by atoms with Crippen LogP contribution in [0.3, 0.4) is 0 Å². The number of rotatable bonds is 1. The zero-order valence-corrected chi connectivity index (χ0v) is 6.70. The van der Waals surface area contributed by atoms with Gasteiger partial charge in [0.1, 0.15) is 0 Å². The van der Waals surface area contributed by atoms with Gasteiger partial charge >= 0.3 is 0 Å². The molecule has 0 radical (unpaired) electrons. The second-order valence-corrected chi connectivity index (χ2v) is 4.20. The minimum absolute atomic E-state index is 0.512. The van der Waals surface area contributed by atoms with Gasteiger partial charge in [0.25, 0.3) is 0 Å². The first-order chi connectivity index (χ1) is 4.08. The standard InChI is InChI=1S/C8H17N/c1-8(2,3)6-7-4-5-9-7/h7,9H,4-6H2,1-3H3/t7-/m1/s1. The van der Waals surface area contributed by atoms with Crippen LogP contribution in [0.5, 0.6) is 0 Å². The maximum absolute atomic E-state index is 3.40. The van der Waals surface area contributed by atoms with Crippen molar-refractivity contribution in [2.75, 3.05) is 6.54 Å². The van der Waals surface area contributed by atoms with Gasteiger partial charge in [-0.25, -0.2) is 0 Å². The molecule has 1 atom stereocenters. The summed E-state index contributed by atoms with van der Waals surface area (Å²) in [6.45, 7) is 8.13. The van der Waals surface area contributed by atoms with Crippen LogP contribution in [0.1, 0.15) is 33.6 Å². The third kappa shape index (κ3) is 2.35. The molecule has 1 saturated heterocycles. The first kappa shape index (κ1) is 7.07. The molecule has 0 amide bonds. The van der Waals surface area contributed by atoms with Crippen LogP contribution in [0.15, 0.2) is 0 Å². The third-order valence-corrected chi connectivity index (χ3v) is 1.78. The van der Waals surface area contributed by atoms with Gasteiger partial charge in [-0.1, -0.05) is 20.8 Å². The Hall–Kier alpha value is -0.0400. The van der Waals surface area contributed by atoms with Gasteiger partial charge in [0.2, 0.25) is 0 Å². The summed E-state index contributed by atoms with van der Waals surface area (Å²) in [4.78, 5) is 0. The maximum Gasteiger partial charge on any atom is 0.00841 e. The Labute approximate surface area is 57.8 Å². The zero-order chi connectivity index (χ0) is 6.91. The Bertz CT molecular complexity index is 87.2. The van der Waals surface area contributed by atoms with Crippen molar-refractivity contribution in [2.45, 2.75) is 39.7 Å². The predicted molar refractivity (Wildman–Crippen MR) is 40.5 cm³/mol.